The van der Waals surface area contributed by atoms with Crippen molar-refractivity contribution in [3.63, 3.8) is 0 Å². The first-order valence-electron chi connectivity index (χ1n) is 4.19. The summed E-state index contributed by atoms with van der Waals surface area (Å²) in [5.41, 5.74) is 0. The summed E-state index contributed by atoms with van der Waals surface area (Å²) < 4.78 is 9.90. The molecular formula is C7H8ClN5O2. The molecule has 0 bridgehead atoms. The summed E-state index contributed by atoms with van der Waals surface area (Å²) in [5.74, 6) is 1.59. The minimum Gasteiger partial charge on any atom is -0.407 e. The first-order valence-corrected chi connectivity index (χ1v) is 4.73. The topological polar surface area (TPSA) is 89.9 Å². The number of hydrogen-bond acceptors (Lipinski definition) is 7. The zero-order valence-corrected chi connectivity index (χ0v) is 8.65. The molecule has 0 saturated carbocycles. The zero-order chi connectivity index (χ0) is 10.7. The summed E-state index contributed by atoms with van der Waals surface area (Å²) in [6.07, 6.45) is 0. The van der Waals surface area contributed by atoms with Gasteiger partial charge in [-0.05, 0) is 0 Å². The molecular weight excluding hydrogens is 222 g/mol. The van der Waals surface area contributed by atoms with E-state index in [-0.39, 0.29) is 11.9 Å². The van der Waals surface area contributed by atoms with E-state index in [1.54, 1.807) is 6.92 Å². The van der Waals surface area contributed by atoms with Crippen LogP contribution >= 0.6 is 11.6 Å². The number of aromatic nitrogens is 4. The number of rotatable bonds is 4. The Bertz CT molecular complexity index is 440. The molecule has 80 valence electrons. The van der Waals surface area contributed by atoms with E-state index in [4.69, 9.17) is 20.5 Å². The summed E-state index contributed by atoms with van der Waals surface area (Å²) in [7, 11) is 0. The highest BCUT2D eigenvalue weighted by molar-refractivity contribution is 6.16. The summed E-state index contributed by atoms with van der Waals surface area (Å²) in [6.45, 7) is 2.08. The van der Waals surface area contributed by atoms with Crippen LogP contribution in [-0.2, 0) is 12.4 Å². The molecule has 15 heavy (non-hydrogen) atoms. The normalized spacial score (nSPS) is 10.5. The third kappa shape index (κ3) is 2.44. The first kappa shape index (κ1) is 9.91. The summed E-state index contributed by atoms with van der Waals surface area (Å²) in [4.78, 5) is 4.00. The number of halogens is 1. The molecule has 0 saturated heterocycles. The molecule has 8 heteroatoms. The van der Waals surface area contributed by atoms with Gasteiger partial charge in [-0.15, -0.1) is 16.7 Å². The highest BCUT2D eigenvalue weighted by atomic mass is 35.5. The zero-order valence-electron chi connectivity index (χ0n) is 7.90. The monoisotopic (exact) mass is 229 g/mol. The van der Waals surface area contributed by atoms with E-state index in [9.17, 15) is 0 Å². The molecule has 0 fully saturated rings. The molecule has 0 aromatic carbocycles. The fourth-order valence-electron chi connectivity index (χ4n) is 0.947. The van der Waals surface area contributed by atoms with Crippen LogP contribution < -0.4 is 5.32 Å². The Morgan fingerprint density at radius 3 is 2.87 bits per heavy atom. The van der Waals surface area contributed by atoms with Gasteiger partial charge in [0.05, 0.1) is 6.54 Å². The van der Waals surface area contributed by atoms with Crippen molar-refractivity contribution in [3.05, 3.63) is 17.6 Å². The number of aryl methyl sites for hydroxylation is 1. The van der Waals surface area contributed by atoms with Crippen molar-refractivity contribution in [2.24, 2.45) is 0 Å². The van der Waals surface area contributed by atoms with E-state index in [0.29, 0.717) is 24.2 Å². The number of nitrogens with zero attached hydrogens (tertiary/aromatic N) is 4. The minimum absolute atomic E-state index is 0.190. The lowest BCUT2D eigenvalue weighted by molar-refractivity contribution is 0.388. The number of alkyl halides is 1. The summed E-state index contributed by atoms with van der Waals surface area (Å²) in [6, 6.07) is 0.285. The Morgan fingerprint density at radius 1 is 1.40 bits per heavy atom. The Hall–Kier alpha value is -1.63. The van der Waals surface area contributed by atoms with E-state index in [1.165, 1.54) is 0 Å². The second kappa shape index (κ2) is 4.26. The minimum atomic E-state index is 0.190. The summed E-state index contributed by atoms with van der Waals surface area (Å²) in [5, 5.41) is 13.9. The molecule has 0 atom stereocenters. The fourth-order valence-corrected chi connectivity index (χ4v) is 1.05. The Kier molecular flexibility index (Phi) is 2.82. The maximum atomic E-state index is 5.50. The highest BCUT2D eigenvalue weighted by Crippen LogP contribution is 2.08. The van der Waals surface area contributed by atoms with Crippen LogP contribution in [-0.4, -0.2) is 20.3 Å². The van der Waals surface area contributed by atoms with E-state index in [0.717, 1.165) is 0 Å². The van der Waals surface area contributed by atoms with Gasteiger partial charge in [0.15, 0.2) is 5.82 Å². The lowest BCUT2D eigenvalue weighted by Gasteiger charge is -1.93. The van der Waals surface area contributed by atoms with Gasteiger partial charge < -0.3 is 14.3 Å². The van der Waals surface area contributed by atoms with Crippen molar-refractivity contribution in [3.8, 4) is 0 Å². The first-order chi connectivity index (χ1) is 7.28. The van der Waals surface area contributed by atoms with Crippen LogP contribution in [0.2, 0.25) is 0 Å². The number of nitrogens with one attached hydrogen (secondary N) is 1. The summed E-state index contributed by atoms with van der Waals surface area (Å²) >= 11 is 5.50. The van der Waals surface area contributed by atoms with Crippen molar-refractivity contribution in [2.75, 3.05) is 5.32 Å². The molecule has 2 aromatic rings. The SMILES string of the molecule is Cc1nc(CNc2nnc(CCl)o2)no1. The molecule has 2 heterocycles. The highest BCUT2D eigenvalue weighted by Gasteiger charge is 2.06. The van der Waals surface area contributed by atoms with Crippen molar-refractivity contribution in [1.82, 2.24) is 20.3 Å². The molecule has 2 rings (SSSR count). The smallest absolute Gasteiger partial charge is 0.315 e. The lowest BCUT2D eigenvalue weighted by Crippen LogP contribution is -2.01. The van der Waals surface area contributed by atoms with E-state index in [2.05, 4.69) is 25.7 Å². The fraction of sp³-hybridized carbons (Fsp3) is 0.429. The van der Waals surface area contributed by atoms with Gasteiger partial charge in [-0.2, -0.15) is 4.98 Å². The van der Waals surface area contributed by atoms with Gasteiger partial charge in [0, 0.05) is 6.92 Å². The third-order valence-electron chi connectivity index (χ3n) is 1.55. The molecule has 0 aliphatic rings. The van der Waals surface area contributed by atoms with Crippen LogP contribution in [0.1, 0.15) is 17.6 Å². The van der Waals surface area contributed by atoms with E-state index >= 15 is 0 Å². The molecule has 2 aromatic heterocycles. The van der Waals surface area contributed by atoms with Crippen molar-refractivity contribution < 1.29 is 8.94 Å². The average Bonchev–Trinajstić information content (AvgIpc) is 2.83. The van der Waals surface area contributed by atoms with Crippen LogP contribution in [0.4, 0.5) is 6.01 Å². The van der Waals surface area contributed by atoms with Gasteiger partial charge in [0.1, 0.15) is 5.88 Å². The van der Waals surface area contributed by atoms with Crippen LogP contribution in [0.5, 0.6) is 0 Å². The van der Waals surface area contributed by atoms with Gasteiger partial charge in [0.25, 0.3) is 0 Å². The van der Waals surface area contributed by atoms with Crippen LogP contribution in [0.25, 0.3) is 0 Å². The number of hydrogen-bond donors (Lipinski definition) is 1. The Balaban J connectivity index is 1.93. The van der Waals surface area contributed by atoms with Crippen LogP contribution in [0, 0.1) is 6.92 Å². The van der Waals surface area contributed by atoms with E-state index < -0.39 is 0 Å². The number of anilines is 1. The van der Waals surface area contributed by atoms with Gasteiger partial charge in [-0.25, -0.2) is 0 Å². The Morgan fingerprint density at radius 2 is 2.27 bits per heavy atom. The standard InChI is InChI=1S/C7H8ClN5O2/c1-4-10-5(13-15-4)3-9-7-12-11-6(2-8)14-7/h2-3H2,1H3,(H,9,12). The molecule has 0 radical (unpaired) electrons. The maximum absolute atomic E-state index is 5.50. The van der Waals surface area contributed by atoms with Crippen LogP contribution in [0.15, 0.2) is 8.94 Å². The van der Waals surface area contributed by atoms with Crippen molar-refractivity contribution >= 4 is 17.6 Å². The average molecular weight is 230 g/mol. The predicted molar refractivity (Wildman–Crippen MR) is 50.2 cm³/mol. The molecule has 7 nitrogen and oxygen atoms in total. The largest absolute Gasteiger partial charge is 0.407 e. The molecule has 1 N–H and O–H groups in total. The van der Waals surface area contributed by atoms with Gasteiger partial charge in [-0.3, -0.25) is 0 Å². The molecule has 0 amide bonds. The molecule has 0 spiro atoms. The van der Waals surface area contributed by atoms with Crippen molar-refractivity contribution in [2.45, 2.75) is 19.3 Å². The second-order valence-electron chi connectivity index (χ2n) is 2.72. The third-order valence-corrected chi connectivity index (χ3v) is 1.78. The van der Waals surface area contributed by atoms with Gasteiger partial charge >= 0.3 is 6.01 Å². The molecule has 0 aliphatic carbocycles. The van der Waals surface area contributed by atoms with Gasteiger partial charge in [0.2, 0.25) is 11.8 Å². The van der Waals surface area contributed by atoms with Gasteiger partial charge in [-0.1, -0.05) is 10.3 Å². The second-order valence-corrected chi connectivity index (χ2v) is 2.99. The van der Waals surface area contributed by atoms with Crippen molar-refractivity contribution in [1.29, 1.82) is 0 Å². The van der Waals surface area contributed by atoms with E-state index in [1.807, 2.05) is 0 Å². The van der Waals surface area contributed by atoms with Crippen LogP contribution in [0.3, 0.4) is 0 Å². The molecule has 0 unspecified atom stereocenters. The quantitative estimate of drug-likeness (QED) is 0.786. The maximum Gasteiger partial charge on any atom is 0.315 e. The predicted octanol–water partition coefficient (Wildman–Crippen LogP) is 1.11. The molecule has 0 aliphatic heterocycles. The lowest BCUT2D eigenvalue weighted by atomic mass is 10.6. The Labute approximate surface area is 89.8 Å².